The van der Waals surface area contributed by atoms with Crippen molar-refractivity contribution in [1.82, 2.24) is 14.8 Å². The SMILES string of the molecule is CCN(C(C)=O)c1ccc(C(C)C)c(N2C(=O)CS/C2=N\C(=O)Nc2ccc(-c3ncn(-c4ccc(OC(F)(F)F)cc4)n3)cc2F)c1. The number of rotatable bonds is 8. The van der Waals surface area contributed by atoms with Crippen molar-refractivity contribution in [3.05, 3.63) is 78.4 Å². The lowest BCUT2D eigenvalue weighted by Gasteiger charge is -2.26. The summed E-state index contributed by atoms with van der Waals surface area (Å²) in [6.07, 6.45) is -3.51. The number of alkyl halides is 3. The van der Waals surface area contributed by atoms with E-state index in [1.807, 2.05) is 32.9 Å². The van der Waals surface area contributed by atoms with Gasteiger partial charge in [-0.15, -0.1) is 18.3 Å². The molecule has 0 atom stereocenters. The number of hydrogen-bond donors (Lipinski definition) is 1. The van der Waals surface area contributed by atoms with Crippen molar-refractivity contribution in [2.24, 2.45) is 4.99 Å². The summed E-state index contributed by atoms with van der Waals surface area (Å²) in [6, 6.07) is 13.3. The van der Waals surface area contributed by atoms with Crippen molar-refractivity contribution in [3.8, 4) is 22.8 Å². The molecule has 4 amide bonds. The van der Waals surface area contributed by atoms with Gasteiger partial charge in [-0.1, -0.05) is 31.7 Å². The Kier molecular flexibility index (Phi) is 9.84. The summed E-state index contributed by atoms with van der Waals surface area (Å²) in [7, 11) is 0. The maximum atomic E-state index is 15.2. The van der Waals surface area contributed by atoms with Crippen LogP contribution in [-0.2, 0) is 9.59 Å². The molecule has 0 spiro atoms. The number of ether oxygens (including phenoxy) is 1. The summed E-state index contributed by atoms with van der Waals surface area (Å²) in [6.45, 7) is 7.62. The number of nitrogens with one attached hydrogen (secondary N) is 1. The molecule has 5 rings (SSSR count). The van der Waals surface area contributed by atoms with Gasteiger partial charge in [0.1, 0.15) is 17.9 Å². The van der Waals surface area contributed by atoms with E-state index >= 15 is 4.39 Å². The van der Waals surface area contributed by atoms with E-state index in [1.54, 1.807) is 11.0 Å². The van der Waals surface area contributed by atoms with Crippen molar-refractivity contribution in [3.63, 3.8) is 0 Å². The summed E-state index contributed by atoms with van der Waals surface area (Å²) in [5.41, 5.74) is 2.37. The van der Waals surface area contributed by atoms with Crippen LogP contribution in [0.4, 0.5) is 39.4 Å². The van der Waals surface area contributed by atoms with Crippen LogP contribution >= 0.6 is 11.8 Å². The number of anilines is 3. The van der Waals surface area contributed by atoms with Gasteiger partial charge in [0.2, 0.25) is 11.8 Å². The van der Waals surface area contributed by atoms with Gasteiger partial charge in [0, 0.05) is 24.7 Å². The number of urea groups is 1. The van der Waals surface area contributed by atoms with Crippen LogP contribution in [0.15, 0.2) is 72.0 Å². The van der Waals surface area contributed by atoms with Crippen molar-refractivity contribution >= 4 is 51.8 Å². The molecule has 1 aliphatic rings. The minimum atomic E-state index is -4.82. The zero-order valence-corrected chi connectivity index (χ0v) is 26.9. The lowest BCUT2D eigenvalue weighted by Crippen LogP contribution is -2.32. The summed E-state index contributed by atoms with van der Waals surface area (Å²) in [5.74, 6) is -1.52. The van der Waals surface area contributed by atoms with Crippen molar-refractivity contribution in [1.29, 1.82) is 0 Å². The highest BCUT2D eigenvalue weighted by Crippen LogP contribution is 2.36. The molecule has 3 aromatic carbocycles. The third-order valence-electron chi connectivity index (χ3n) is 7.14. The van der Waals surface area contributed by atoms with E-state index in [9.17, 15) is 27.6 Å². The largest absolute Gasteiger partial charge is 0.573 e. The third kappa shape index (κ3) is 7.65. The number of aliphatic imine (C=N–C) groups is 1. The second kappa shape index (κ2) is 13.9. The lowest BCUT2D eigenvalue weighted by atomic mass is 9.99. The van der Waals surface area contributed by atoms with Gasteiger partial charge >= 0.3 is 12.4 Å². The maximum absolute atomic E-state index is 15.2. The highest BCUT2D eigenvalue weighted by molar-refractivity contribution is 8.15. The molecular formula is C32H29F4N7O4S. The minimum Gasteiger partial charge on any atom is -0.406 e. The molecule has 250 valence electrons. The molecule has 0 unspecified atom stereocenters. The van der Waals surface area contributed by atoms with Crippen LogP contribution in [0.2, 0.25) is 0 Å². The van der Waals surface area contributed by atoms with Crippen LogP contribution in [-0.4, -0.2) is 56.4 Å². The monoisotopic (exact) mass is 683 g/mol. The number of benzene rings is 3. The molecule has 1 N–H and O–H groups in total. The van der Waals surface area contributed by atoms with E-state index in [-0.39, 0.29) is 45.7 Å². The molecule has 1 fully saturated rings. The molecule has 1 aromatic heterocycles. The Balaban J connectivity index is 1.34. The van der Waals surface area contributed by atoms with Gasteiger partial charge in [-0.3, -0.25) is 14.5 Å². The fourth-order valence-corrected chi connectivity index (χ4v) is 5.81. The first kappa shape index (κ1) is 34.1. The van der Waals surface area contributed by atoms with E-state index < -0.39 is 24.0 Å². The molecule has 4 aromatic rings. The van der Waals surface area contributed by atoms with E-state index in [1.165, 1.54) is 47.1 Å². The Morgan fingerprint density at radius 1 is 1.10 bits per heavy atom. The first-order valence-corrected chi connectivity index (χ1v) is 15.6. The van der Waals surface area contributed by atoms with E-state index in [0.29, 0.717) is 23.6 Å². The number of carbonyl (C=O) groups is 3. The lowest BCUT2D eigenvalue weighted by molar-refractivity contribution is -0.274. The topological polar surface area (TPSA) is 122 Å². The molecule has 0 aliphatic carbocycles. The Hall–Kier alpha value is -5.25. The number of halogens is 4. The zero-order valence-electron chi connectivity index (χ0n) is 26.1. The van der Waals surface area contributed by atoms with Crippen LogP contribution in [0.1, 0.15) is 39.2 Å². The predicted molar refractivity (Wildman–Crippen MR) is 174 cm³/mol. The normalized spacial score (nSPS) is 14.1. The second-order valence-corrected chi connectivity index (χ2v) is 11.7. The van der Waals surface area contributed by atoms with Crippen LogP contribution in [0, 0.1) is 5.82 Å². The predicted octanol–water partition coefficient (Wildman–Crippen LogP) is 7.14. The zero-order chi connectivity index (χ0) is 34.7. The number of amidine groups is 1. The molecule has 1 saturated heterocycles. The first-order valence-electron chi connectivity index (χ1n) is 14.6. The van der Waals surface area contributed by atoms with Crippen LogP contribution in [0.25, 0.3) is 17.1 Å². The number of aromatic nitrogens is 3. The van der Waals surface area contributed by atoms with E-state index in [0.717, 1.165) is 35.5 Å². The minimum absolute atomic E-state index is 0.00171. The fraction of sp³-hybridized carbons (Fsp3) is 0.250. The third-order valence-corrected chi connectivity index (χ3v) is 8.07. The van der Waals surface area contributed by atoms with Gasteiger partial charge in [0.25, 0.3) is 0 Å². The Morgan fingerprint density at radius 3 is 2.46 bits per heavy atom. The molecule has 16 heteroatoms. The standard InChI is InChI=1S/C32H29F4N7O4S/c1-5-41(19(4)44)22-9-12-24(18(2)3)27(15-22)43-28(45)16-48-31(43)39-30(46)38-26-13-6-20(14-25(26)33)29-37-17-42(40-29)21-7-10-23(11-8-21)47-32(34,35)36/h6-15,17-18H,5,16H2,1-4H3,(H,38,46)/b39-31-. The van der Waals surface area contributed by atoms with Crippen molar-refractivity contribution in [2.75, 3.05) is 27.4 Å². The Morgan fingerprint density at radius 2 is 1.83 bits per heavy atom. The Labute approximate surface area is 276 Å². The van der Waals surface area contributed by atoms with Crippen molar-refractivity contribution < 1.29 is 36.7 Å². The molecule has 0 bridgehead atoms. The maximum Gasteiger partial charge on any atom is 0.573 e. The first-order chi connectivity index (χ1) is 22.7. The van der Waals surface area contributed by atoms with Gasteiger partial charge in [-0.2, -0.15) is 4.99 Å². The molecule has 0 radical (unpaired) electrons. The summed E-state index contributed by atoms with van der Waals surface area (Å²) >= 11 is 1.06. The quantitative estimate of drug-likeness (QED) is 0.196. The van der Waals surface area contributed by atoms with E-state index in [2.05, 4.69) is 25.1 Å². The number of hydrogen-bond acceptors (Lipinski definition) is 7. The summed E-state index contributed by atoms with van der Waals surface area (Å²) < 4.78 is 57.6. The van der Waals surface area contributed by atoms with Crippen LogP contribution in [0.5, 0.6) is 5.75 Å². The fourth-order valence-electron chi connectivity index (χ4n) is 4.96. The van der Waals surface area contributed by atoms with Crippen LogP contribution in [0.3, 0.4) is 0 Å². The molecule has 2 heterocycles. The van der Waals surface area contributed by atoms with Gasteiger partial charge in [0.15, 0.2) is 11.0 Å². The molecule has 11 nitrogen and oxygen atoms in total. The van der Waals surface area contributed by atoms with Crippen molar-refractivity contribution in [2.45, 2.75) is 40.0 Å². The molecule has 0 saturated carbocycles. The Bertz CT molecular complexity index is 1890. The second-order valence-electron chi connectivity index (χ2n) is 10.8. The van der Waals surface area contributed by atoms with Gasteiger partial charge in [0.05, 0.1) is 22.8 Å². The number of amides is 4. The molecule has 1 aliphatic heterocycles. The number of carbonyl (C=O) groups excluding carboxylic acids is 3. The average Bonchev–Trinajstić information content (AvgIpc) is 3.65. The average molecular weight is 684 g/mol. The molecule has 48 heavy (non-hydrogen) atoms. The van der Waals surface area contributed by atoms with Crippen LogP contribution < -0.4 is 19.9 Å². The smallest absolute Gasteiger partial charge is 0.406 e. The highest BCUT2D eigenvalue weighted by atomic mass is 32.2. The number of thioether (sulfide) groups is 1. The highest BCUT2D eigenvalue weighted by Gasteiger charge is 2.33. The van der Waals surface area contributed by atoms with Gasteiger partial charge in [-0.05, 0) is 73.0 Å². The van der Waals surface area contributed by atoms with Gasteiger partial charge in [-0.25, -0.2) is 18.9 Å². The summed E-state index contributed by atoms with van der Waals surface area (Å²) in [4.78, 5) is 49.4. The number of nitrogens with zero attached hydrogens (tertiary/aromatic N) is 6. The molecular weight excluding hydrogens is 654 g/mol. The summed E-state index contributed by atoms with van der Waals surface area (Å²) in [5, 5.41) is 6.76. The van der Waals surface area contributed by atoms with E-state index in [4.69, 9.17) is 0 Å². The van der Waals surface area contributed by atoms with Gasteiger partial charge < -0.3 is 15.0 Å².